The van der Waals surface area contributed by atoms with Gasteiger partial charge < -0.3 is 0 Å². The standard InChI is InChI=1S/C10H16N2O3S/c1-10(2,3)16(14,15)5-4-12-7-9(8-13)6-11-12/h6-8H,4-5H2,1-3H3. The fourth-order valence-electron chi connectivity index (χ4n) is 1.08. The van der Waals surface area contributed by atoms with Crippen molar-refractivity contribution in [2.24, 2.45) is 0 Å². The zero-order valence-corrected chi connectivity index (χ0v) is 10.5. The molecule has 0 saturated carbocycles. The van der Waals surface area contributed by atoms with E-state index in [0.717, 1.165) is 0 Å². The third-order valence-corrected chi connectivity index (χ3v) is 4.90. The molecule has 0 amide bonds. The van der Waals surface area contributed by atoms with E-state index in [9.17, 15) is 13.2 Å². The van der Waals surface area contributed by atoms with Crippen LogP contribution in [0.2, 0.25) is 0 Å². The van der Waals surface area contributed by atoms with Crippen molar-refractivity contribution in [2.45, 2.75) is 32.1 Å². The van der Waals surface area contributed by atoms with Crippen LogP contribution in [-0.4, -0.2) is 35.0 Å². The van der Waals surface area contributed by atoms with Crippen molar-refractivity contribution >= 4 is 16.1 Å². The topological polar surface area (TPSA) is 69.0 Å². The molecule has 5 nitrogen and oxygen atoms in total. The molecule has 0 N–H and O–H groups in total. The normalized spacial score (nSPS) is 12.7. The summed E-state index contributed by atoms with van der Waals surface area (Å²) in [5.74, 6) is 0.0243. The Morgan fingerprint density at radius 2 is 2.06 bits per heavy atom. The van der Waals surface area contributed by atoms with Crippen molar-refractivity contribution < 1.29 is 13.2 Å². The van der Waals surface area contributed by atoms with Gasteiger partial charge in [0.15, 0.2) is 16.1 Å². The molecule has 0 aromatic carbocycles. The van der Waals surface area contributed by atoms with E-state index in [-0.39, 0.29) is 12.3 Å². The van der Waals surface area contributed by atoms with Gasteiger partial charge in [0.25, 0.3) is 0 Å². The molecule has 1 rings (SSSR count). The summed E-state index contributed by atoms with van der Waals surface area (Å²) in [4.78, 5) is 10.4. The lowest BCUT2D eigenvalue weighted by molar-refractivity contribution is 0.112. The number of carbonyl (C=O) groups excluding carboxylic acids is 1. The molecule has 6 heteroatoms. The first kappa shape index (κ1) is 12.9. The van der Waals surface area contributed by atoms with Crippen molar-refractivity contribution in [3.63, 3.8) is 0 Å². The zero-order valence-electron chi connectivity index (χ0n) is 9.67. The average Bonchev–Trinajstić information content (AvgIpc) is 2.60. The van der Waals surface area contributed by atoms with E-state index in [1.54, 1.807) is 20.8 Å². The number of nitrogens with zero attached hydrogens (tertiary/aromatic N) is 2. The van der Waals surface area contributed by atoms with Gasteiger partial charge in [-0.3, -0.25) is 9.48 Å². The first-order chi connectivity index (χ1) is 7.26. The third kappa shape index (κ3) is 2.91. The second kappa shape index (κ2) is 4.37. The second-order valence-corrected chi connectivity index (χ2v) is 7.45. The molecular weight excluding hydrogens is 228 g/mol. The number of aryl methyl sites for hydroxylation is 1. The van der Waals surface area contributed by atoms with Gasteiger partial charge in [0.2, 0.25) is 0 Å². The maximum absolute atomic E-state index is 11.8. The highest BCUT2D eigenvalue weighted by molar-refractivity contribution is 7.92. The van der Waals surface area contributed by atoms with E-state index < -0.39 is 14.6 Å². The first-order valence-corrected chi connectivity index (χ1v) is 6.61. The number of rotatable bonds is 4. The molecule has 0 radical (unpaired) electrons. The average molecular weight is 244 g/mol. The molecule has 0 fully saturated rings. The molecule has 0 aliphatic carbocycles. The van der Waals surface area contributed by atoms with Crippen LogP contribution < -0.4 is 0 Å². The van der Waals surface area contributed by atoms with Gasteiger partial charge in [-0.05, 0) is 20.8 Å². The minimum atomic E-state index is -3.14. The Kier molecular flexibility index (Phi) is 3.52. The van der Waals surface area contributed by atoms with Gasteiger partial charge >= 0.3 is 0 Å². The van der Waals surface area contributed by atoms with Gasteiger partial charge in [-0.25, -0.2) is 8.42 Å². The van der Waals surface area contributed by atoms with E-state index in [1.807, 2.05) is 0 Å². The number of carbonyl (C=O) groups is 1. The number of hydrogen-bond acceptors (Lipinski definition) is 4. The van der Waals surface area contributed by atoms with Crippen molar-refractivity contribution in [3.05, 3.63) is 18.0 Å². The molecule has 0 aliphatic rings. The summed E-state index contributed by atoms with van der Waals surface area (Å²) in [6.07, 6.45) is 3.63. The van der Waals surface area contributed by atoms with Crippen LogP contribution in [0.25, 0.3) is 0 Å². The molecule has 16 heavy (non-hydrogen) atoms. The fraction of sp³-hybridized carbons (Fsp3) is 0.600. The minimum absolute atomic E-state index is 0.0243. The predicted octanol–water partition coefficient (Wildman–Crippen LogP) is 0.909. The Morgan fingerprint density at radius 1 is 1.44 bits per heavy atom. The quantitative estimate of drug-likeness (QED) is 0.738. The maximum atomic E-state index is 11.8. The lowest BCUT2D eigenvalue weighted by Crippen LogP contribution is -2.32. The van der Waals surface area contributed by atoms with Crippen LogP contribution >= 0.6 is 0 Å². The van der Waals surface area contributed by atoms with Crippen molar-refractivity contribution in [3.8, 4) is 0 Å². The Labute approximate surface area is 95.4 Å². The van der Waals surface area contributed by atoms with Crippen LogP contribution in [-0.2, 0) is 16.4 Å². The molecule has 1 heterocycles. The van der Waals surface area contributed by atoms with Gasteiger partial charge in [0.1, 0.15) is 0 Å². The lowest BCUT2D eigenvalue weighted by atomic mass is 10.3. The summed E-state index contributed by atoms with van der Waals surface area (Å²) in [6, 6.07) is 0. The van der Waals surface area contributed by atoms with Gasteiger partial charge in [-0.2, -0.15) is 5.10 Å². The van der Waals surface area contributed by atoms with Crippen LogP contribution in [0, 0.1) is 0 Å². The minimum Gasteiger partial charge on any atom is -0.298 e. The number of hydrogen-bond donors (Lipinski definition) is 0. The molecule has 0 atom stereocenters. The Hall–Kier alpha value is -1.17. The van der Waals surface area contributed by atoms with Crippen LogP contribution in [0.15, 0.2) is 12.4 Å². The summed E-state index contributed by atoms with van der Waals surface area (Å²) in [6.45, 7) is 5.28. The lowest BCUT2D eigenvalue weighted by Gasteiger charge is -2.18. The van der Waals surface area contributed by atoms with Crippen LogP contribution in [0.1, 0.15) is 31.1 Å². The summed E-state index contributed by atoms with van der Waals surface area (Å²) in [5, 5.41) is 3.89. The van der Waals surface area contributed by atoms with E-state index in [1.165, 1.54) is 17.1 Å². The summed E-state index contributed by atoms with van der Waals surface area (Å²) in [7, 11) is -3.14. The molecule has 0 aliphatic heterocycles. The Bertz CT molecular complexity index is 468. The Balaban J connectivity index is 2.68. The second-order valence-electron chi connectivity index (χ2n) is 4.59. The Morgan fingerprint density at radius 3 is 2.50 bits per heavy atom. The maximum Gasteiger partial charge on any atom is 0.157 e. The molecule has 0 saturated heterocycles. The highest BCUT2D eigenvalue weighted by atomic mass is 32.2. The van der Waals surface area contributed by atoms with E-state index in [2.05, 4.69) is 5.10 Å². The van der Waals surface area contributed by atoms with Gasteiger partial charge in [-0.15, -0.1) is 0 Å². The third-order valence-electron chi connectivity index (χ3n) is 2.31. The highest BCUT2D eigenvalue weighted by Crippen LogP contribution is 2.16. The molecule has 90 valence electrons. The largest absolute Gasteiger partial charge is 0.298 e. The zero-order chi connectivity index (χ0) is 12.4. The molecule has 0 spiro atoms. The van der Waals surface area contributed by atoms with E-state index in [4.69, 9.17) is 0 Å². The van der Waals surface area contributed by atoms with Crippen LogP contribution in [0.4, 0.5) is 0 Å². The van der Waals surface area contributed by atoms with E-state index in [0.29, 0.717) is 11.8 Å². The summed E-state index contributed by atoms with van der Waals surface area (Å²) >= 11 is 0. The van der Waals surface area contributed by atoms with Gasteiger partial charge in [0, 0.05) is 6.20 Å². The molecular formula is C10H16N2O3S. The SMILES string of the molecule is CC(C)(C)S(=O)(=O)CCn1cc(C=O)cn1. The number of aromatic nitrogens is 2. The van der Waals surface area contributed by atoms with Crippen LogP contribution in [0.3, 0.4) is 0 Å². The predicted molar refractivity (Wildman–Crippen MR) is 61.2 cm³/mol. The van der Waals surface area contributed by atoms with Crippen molar-refractivity contribution in [2.75, 3.05) is 5.75 Å². The monoisotopic (exact) mass is 244 g/mol. The van der Waals surface area contributed by atoms with Crippen LogP contribution in [0.5, 0.6) is 0 Å². The highest BCUT2D eigenvalue weighted by Gasteiger charge is 2.28. The number of aldehydes is 1. The smallest absolute Gasteiger partial charge is 0.157 e. The number of sulfone groups is 1. The molecule has 1 aromatic heterocycles. The fourth-order valence-corrected chi connectivity index (χ4v) is 2.12. The first-order valence-electron chi connectivity index (χ1n) is 4.96. The van der Waals surface area contributed by atoms with Crippen molar-refractivity contribution in [1.29, 1.82) is 0 Å². The molecule has 0 unspecified atom stereocenters. The molecule has 1 aromatic rings. The summed E-state index contributed by atoms with van der Waals surface area (Å²) < 4.78 is 24.3. The van der Waals surface area contributed by atoms with Crippen molar-refractivity contribution in [1.82, 2.24) is 9.78 Å². The van der Waals surface area contributed by atoms with E-state index >= 15 is 0 Å². The van der Waals surface area contributed by atoms with Gasteiger partial charge in [-0.1, -0.05) is 0 Å². The molecule has 0 bridgehead atoms. The summed E-state index contributed by atoms with van der Waals surface area (Å²) in [5.41, 5.74) is 0.452. The van der Waals surface area contributed by atoms with Gasteiger partial charge in [0.05, 0.1) is 28.8 Å².